The number of benzene rings is 2. The van der Waals surface area contributed by atoms with Crippen molar-refractivity contribution in [2.24, 2.45) is 10.2 Å². The number of hydrogen-bond acceptors (Lipinski definition) is 4. The summed E-state index contributed by atoms with van der Waals surface area (Å²) in [5, 5.41) is 8.52. The van der Waals surface area contributed by atoms with Crippen LogP contribution >= 0.6 is 0 Å². The smallest absolute Gasteiger partial charge is 0.439 e. The average Bonchev–Trinajstić information content (AvgIpc) is 2.68. The molecule has 160 valence electrons. The van der Waals surface area contributed by atoms with Gasteiger partial charge in [0.05, 0.1) is 0 Å². The van der Waals surface area contributed by atoms with Gasteiger partial charge in [0, 0.05) is 0 Å². The number of amides is 2. The highest BCUT2D eigenvalue weighted by molar-refractivity contribution is 6.81. The topological polar surface area (TPSA) is 77.3 Å². The minimum absolute atomic E-state index is 0.150. The molecule has 0 unspecified atom stereocenters. The quantitative estimate of drug-likeness (QED) is 0.513. The van der Waals surface area contributed by atoms with Crippen LogP contribution in [0.25, 0.3) is 0 Å². The average molecular weight is 443 g/mol. The Labute approximate surface area is 181 Å². The molecule has 2 amide bonds. The molecule has 0 fully saturated rings. The second-order valence-corrected chi connectivity index (χ2v) is 16.1. The Bertz CT molecular complexity index is 822. The predicted molar refractivity (Wildman–Crippen MR) is 124 cm³/mol. The van der Waals surface area contributed by atoms with Crippen molar-refractivity contribution >= 4 is 40.6 Å². The second kappa shape index (κ2) is 9.95. The molecule has 0 aliphatic rings. The second-order valence-electron chi connectivity index (χ2n) is 9.28. The fourth-order valence-electron chi connectivity index (χ4n) is 3.57. The third kappa shape index (κ3) is 7.03. The van der Waals surface area contributed by atoms with E-state index in [1.54, 1.807) is 0 Å². The van der Waals surface area contributed by atoms with E-state index in [-0.39, 0.29) is 10.1 Å². The van der Waals surface area contributed by atoms with E-state index < -0.39 is 30.3 Å². The maximum Gasteiger partial charge on any atom is 0.439 e. The molecule has 2 aromatic carbocycles. The Balaban J connectivity index is 2.11. The summed E-state index contributed by atoms with van der Waals surface area (Å²) < 4.78 is 11.3. The van der Waals surface area contributed by atoms with Crippen molar-refractivity contribution < 1.29 is 18.4 Å². The first-order valence-corrected chi connectivity index (χ1v) is 13.2. The first-order valence-electron chi connectivity index (χ1n) is 9.91. The van der Waals surface area contributed by atoms with E-state index in [4.69, 9.17) is 8.85 Å². The Morgan fingerprint density at radius 1 is 0.667 bits per heavy atom. The third-order valence-electron chi connectivity index (χ3n) is 4.43. The van der Waals surface area contributed by atoms with Crippen LogP contribution in [0.2, 0.25) is 10.1 Å². The van der Waals surface area contributed by atoms with Crippen LogP contribution in [0.3, 0.4) is 0 Å². The number of carbonyl (C=O) groups excluding carboxylic acids is 2. The highest BCUT2D eigenvalue weighted by Gasteiger charge is 2.41. The molecule has 30 heavy (non-hydrogen) atoms. The van der Waals surface area contributed by atoms with Gasteiger partial charge in [-0.05, 0) is 20.4 Å². The van der Waals surface area contributed by atoms with Crippen molar-refractivity contribution in [1.29, 1.82) is 0 Å². The molecule has 0 aliphatic carbocycles. The molecule has 0 N–H and O–H groups in total. The molecule has 8 heteroatoms. The fraction of sp³-hybridized carbons (Fsp3) is 0.364. The first kappa shape index (κ1) is 23.7. The van der Waals surface area contributed by atoms with E-state index in [0.717, 1.165) is 10.4 Å². The molecule has 0 bridgehead atoms. The normalized spacial score (nSPS) is 12.4. The summed E-state index contributed by atoms with van der Waals surface area (Å²) in [6, 6.07) is 19.1. The van der Waals surface area contributed by atoms with Crippen LogP contribution in [0.15, 0.2) is 70.9 Å². The monoisotopic (exact) mass is 442 g/mol. The van der Waals surface area contributed by atoms with Crippen molar-refractivity contribution in [3.05, 3.63) is 60.7 Å². The van der Waals surface area contributed by atoms with E-state index >= 15 is 0 Å². The summed E-state index contributed by atoms with van der Waals surface area (Å²) in [4.78, 5) is 24.6. The van der Waals surface area contributed by atoms with E-state index in [9.17, 15) is 9.59 Å². The molecule has 0 aromatic heterocycles. The Kier molecular flexibility index (Phi) is 7.85. The van der Waals surface area contributed by atoms with Crippen LogP contribution in [-0.2, 0) is 8.85 Å². The number of hydrogen-bond donors (Lipinski definition) is 0. The van der Waals surface area contributed by atoms with Gasteiger partial charge in [-0.25, -0.2) is 9.59 Å². The van der Waals surface area contributed by atoms with Gasteiger partial charge in [-0.2, -0.15) is 0 Å². The molecule has 0 radical (unpaired) electrons. The highest BCUT2D eigenvalue weighted by atomic mass is 28.3. The van der Waals surface area contributed by atoms with Crippen molar-refractivity contribution in [1.82, 2.24) is 0 Å². The lowest BCUT2D eigenvalue weighted by Gasteiger charge is -2.36. The zero-order valence-corrected chi connectivity index (χ0v) is 20.8. The molecule has 2 rings (SSSR count). The molecule has 0 aliphatic heterocycles. The number of nitrogens with zero attached hydrogens (tertiary/aromatic N) is 2. The third-order valence-corrected chi connectivity index (χ3v) is 10.4. The van der Waals surface area contributed by atoms with Gasteiger partial charge in [-0.15, -0.1) is 0 Å². The summed E-state index contributed by atoms with van der Waals surface area (Å²) in [5.41, 5.74) is 0. The van der Waals surface area contributed by atoms with Crippen LogP contribution in [0.1, 0.15) is 41.5 Å². The van der Waals surface area contributed by atoms with Gasteiger partial charge in [-0.3, -0.25) is 0 Å². The van der Waals surface area contributed by atoms with Gasteiger partial charge >= 0.3 is 21.2 Å². The Morgan fingerprint density at radius 3 is 1.40 bits per heavy atom. The minimum Gasteiger partial charge on any atom is -0.503 e. The lowest BCUT2D eigenvalue weighted by Crippen LogP contribution is -2.45. The summed E-state index contributed by atoms with van der Waals surface area (Å²) >= 11 is 0. The van der Waals surface area contributed by atoms with Crippen LogP contribution < -0.4 is 10.4 Å². The predicted octanol–water partition coefficient (Wildman–Crippen LogP) is 4.57. The molecule has 2 aromatic rings. The molecule has 6 nitrogen and oxygen atoms in total. The molecule has 0 spiro atoms. The van der Waals surface area contributed by atoms with Gasteiger partial charge in [0.25, 0.3) is 9.04 Å². The van der Waals surface area contributed by atoms with Gasteiger partial charge in [0.15, 0.2) is 0 Å². The van der Waals surface area contributed by atoms with Crippen molar-refractivity contribution in [3.8, 4) is 0 Å². The summed E-state index contributed by atoms with van der Waals surface area (Å²) in [6.45, 7) is 12.3. The van der Waals surface area contributed by atoms with Crippen LogP contribution in [0.5, 0.6) is 0 Å². The van der Waals surface area contributed by atoms with Crippen molar-refractivity contribution in [2.75, 3.05) is 0 Å². The van der Waals surface area contributed by atoms with Gasteiger partial charge in [0.2, 0.25) is 0 Å². The Hall–Kier alpha value is -2.59. The fourth-order valence-corrected chi connectivity index (χ4v) is 9.17. The molecular weight excluding hydrogens is 412 g/mol. The Morgan fingerprint density at radius 2 is 1.03 bits per heavy atom. The number of rotatable bonds is 4. The first-order chi connectivity index (χ1) is 14.0. The molecular formula is C22H30N2O4Si2. The molecule has 0 heterocycles. The van der Waals surface area contributed by atoms with Crippen molar-refractivity contribution in [2.45, 2.75) is 51.6 Å². The van der Waals surface area contributed by atoms with Gasteiger partial charge in [-0.1, -0.05) is 112 Å². The standard InChI is InChI=1S/C22H30N2O4Si2/c1-21(2,3)30(22(4,5)6)28-20(26)24-23-19(25)27-29(17-13-9-7-10-14-17)18-15-11-8-12-16-18/h7-16,29-30H,1-6H3. The zero-order chi connectivity index (χ0) is 22.4. The highest BCUT2D eigenvalue weighted by Crippen LogP contribution is 2.42. The number of azo groups is 1. The molecule has 0 saturated heterocycles. The minimum atomic E-state index is -2.30. The van der Waals surface area contributed by atoms with E-state index in [0.29, 0.717) is 0 Å². The van der Waals surface area contributed by atoms with Crippen LogP contribution in [-0.4, -0.2) is 30.3 Å². The largest absolute Gasteiger partial charge is 0.503 e. The molecule has 0 saturated carbocycles. The zero-order valence-electron chi connectivity index (χ0n) is 18.5. The van der Waals surface area contributed by atoms with Crippen molar-refractivity contribution in [3.63, 3.8) is 0 Å². The van der Waals surface area contributed by atoms with E-state index in [1.807, 2.05) is 102 Å². The summed E-state index contributed by atoms with van der Waals surface area (Å²) in [6.07, 6.45) is -1.73. The summed E-state index contributed by atoms with van der Waals surface area (Å²) in [5.74, 6) is 0. The molecule has 0 atom stereocenters. The van der Waals surface area contributed by atoms with Crippen LogP contribution in [0.4, 0.5) is 9.59 Å². The van der Waals surface area contributed by atoms with Gasteiger partial charge in [0.1, 0.15) is 0 Å². The van der Waals surface area contributed by atoms with E-state index in [2.05, 4.69) is 10.2 Å². The maximum absolute atomic E-state index is 12.3. The SMILES string of the molecule is CC(C)(C)[SiH](OC(=O)N=NC(=O)O[SiH](c1ccccc1)c1ccccc1)C(C)(C)C. The summed E-state index contributed by atoms with van der Waals surface area (Å²) in [7, 11) is -4.31. The maximum atomic E-state index is 12.3. The number of carbonyl (C=O) groups is 2. The lowest BCUT2D eigenvalue weighted by molar-refractivity contribution is 0.198. The van der Waals surface area contributed by atoms with E-state index in [1.165, 1.54) is 0 Å². The van der Waals surface area contributed by atoms with Gasteiger partial charge < -0.3 is 8.85 Å². The lowest BCUT2D eigenvalue weighted by atomic mass is 10.2. The van der Waals surface area contributed by atoms with Crippen LogP contribution in [0, 0.1) is 0 Å².